The second-order valence-electron chi connectivity index (χ2n) is 5.40. The van der Waals surface area contributed by atoms with Crippen LogP contribution in [-0.4, -0.2) is 21.1 Å². The van der Waals surface area contributed by atoms with Crippen LogP contribution in [0.2, 0.25) is 0 Å². The smallest absolute Gasteiger partial charge is 0.155 e. The fraction of sp³-hybridized carbons (Fsp3) is 0.571. The van der Waals surface area contributed by atoms with E-state index in [2.05, 4.69) is 36.2 Å². The summed E-state index contributed by atoms with van der Waals surface area (Å²) in [5.74, 6) is 1.40. The first-order valence-electron chi connectivity index (χ1n) is 6.58. The normalized spacial score (nSPS) is 13.4. The van der Waals surface area contributed by atoms with Crippen molar-refractivity contribution in [3.8, 4) is 0 Å². The standard InChI is InChI=1S/C14H22N4/c1-10(2)11(3)6-15-7-13-8-16-14-5-12(4)17-18(14)9-13/h5,8-11,15H,6-7H2,1-4H3. The van der Waals surface area contributed by atoms with Crippen LogP contribution < -0.4 is 5.32 Å². The number of nitrogens with one attached hydrogen (secondary N) is 1. The highest BCUT2D eigenvalue weighted by molar-refractivity contribution is 5.38. The molecular formula is C14H22N4. The molecule has 1 N–H and O–H groups in total. The number of rotatable bonds is 5. The quantitative estimate of drug-likeness (QED) is 0.881. The highest BCUT2D eigenvalue weighted by Gasteiger charge is 2.06. The van der Waals surface area contributed by atoms with Gasteiger partial charge in [0.1, 0.15) is 0 Å². The summed E-state index contributed by atoms with van der Waals surface area (Å²) < 4.78 is 1.85. The summed E-state index contributed by atoms with van der Waals surface area (Å²) in [4.78, 5) is 4.40. The van der Waals surface area contributed by atoms with Gasteiger partial charge >= 0.3 is 0 Å². The van der Waals surface area contributed by atoms with Gasteiger partial charge in [0.05, 0.1) is 5.69 Å². The molecule has 0 fully saturated rings. The summed E-state index contributed by atoms with van der Waals surface area (Å²) in [6.07, 6.45) is 3.96. The van der Waals surface area contributed by atoms with Gasteiger partial charge in [-0.3, -0.25) is 0 Å². The van der Waals surface area contributed by atoms with Gasteiger partial charge in [0, 0.05) is 30.6 Å². The zero-order chi connectivity index (χ0) is 13.1. The molecule has 2 aromatic heterocycles. The SMILES string of the molecule is Cc1cc2ncc(CNCC(C)C(C)C)cn2n1. The monoisotopic (exact) mass is 246 g/mol. The average molecular weight is 246 g/mol. The Morgan fingerprint density at radius 3 is 2.83 bits per heavy atom. The van der Waals surface area contributed by atoms with E-state index < -0.39 is 0 Å². The Labute approximate surface area is 108 Å². The van der Waals surface area contributed by atoms with Crippen molar-refractivity contribution in [3.63, 3.8) is 0 Å². The van der Waals surface area contributed by atoms with Crippen LogP contribution in [0.25, 0.3) is 5.65 Å². The van der Waals surface area contributed by atoms with Gasteiger partial charge in [0.2, 0.25) is 0 Å². The van der Waals surface area contributed by atoms with E-state index >= 15 is 0 Å². The Balaban J connectivity index is 1.95. The Bertz CT molecular complexity index is 515. The van der Waals surface area contributed by atoms with E-state index in [1.165, 1.54) is 5.56 Å². The van der Waals surface area contributed by atoms with Gasteiger partial charge in [-0.05, 0) is 25.3 Å². The molecule has 0 bridgehead atoms. The lowest BCUT2D eigenvalue weighted by molar-refractivity contribution is 0.392. The van der Waals surface area contributed by atoms with Crippen LogP contribution in [0.1, 0.15) is 32.0 Å². The number of aromatic nitrogens is 3. The van der Waals surface area contributed by atoms with E-state index in [1.807, 2.05) is 29.9 Å². The topological polar surface area (TPSA) is 42.2 Å². The van der Waals surface area contributed by atoms with E-state index in [-0.39, 0.29) is 0 Å². The molecule has 0 amide bonds. The van der Waals surface area contributed by atoms with Crippen LogP contribution in [0.3, 0.4) is 0 Å². The minimum Gasteiger partial charge on any atom is -0.312 e. The molecule has 4 nitrogen and oxygen atoms in total. The van der Waals surface area contributed by atoms with Crippen molar-refractivity contribution in [1.29, 1.82) is 0 Å². The molecule has 0 saturated carbocycles. The van der Waals surface area contributed by atoms with E-state index in [0.717, 1.165) is 24.4 Å². The molecule has 0 aliphatic heterocycles. The molecule has 1 unspecified atom stereocenters. The number of aryl methyl sites for hydroxylation is 1. The summed E-state index contributed by atoms with van der Waals surface area (Å²) in [7, 11) is 0. The van der Waals surface area contributed by atoms with Crippen LogP contribution in [-0.2, 0) is 6.54 Å². The molecule has 98 valence electrons. The van der Waals surface area contributed by atoms with Gasteiger partial charge in [-0.25, -0.2) is 9.50 Å². The minimum absolute atomic E-state index is 0.689. The lowest BCUT2D eigenvalue weighted by atomic mass is 9.98. The number of hydrogen-bond donors (Lipinski definition) is 1. The number of nitrogens with zero attached hydrogens (tertiary/aromatic N) is 3. The van der Waals surface area contributed by atoms with Gasteiger partial charge in [-0.2, -0.15) is 5.10 Å². The van der Waals surface area contributed by atoms with Gasteiger partial charge in [0.15, 0.2) is 5.65 Å². The first kappa shape index (κ1) is 13.0. The maximum atomic E-state index is 4.40. The van der Waals surface area contributed by atoms with Crippen LogP contribution in [0.5, 0.6) is 0 Å². The molecule has 0 aliphatic rings. The van der Waals surface area contributed by atoms with E-state index in [4.69, 9.17) is 0 Å². The Morgan fingerprint density at radius 1 is 1.33 bits per heavy atom. The van der Waals surface area contributed by atoms with Gasteiger partial charge in [-0.15, -0.1) is 0 Å². The number of hydrogen-bond acceptors (Lipinski definition) is 3. The zero-order valence-corrected chi connectivity index (χ0v) is 11.6. The van der Waals surface area contributed by atoms with Crippen molar-refractivity contribution in [2.24, 2.45) is 11.8 Å². The third kappa shape index (κ3) is 3.07. The van der Waals surface area contributed by atoms with E-state index in [1.54, 1.807) is 0 Å². The largest absolute Gasteiger partial charge is 0.312 e. The third-order valence-corrected chi connectivity index (χ3v) is 3.42. The predicted octanol–water partition coefficient (Wildman–Crippen LogP) is 2.42. The van der Waals surface area contributed by atoms with E-state index in [9.17, 15) is 0 Å². The molecule has 0 aliphatic carbocycles. The lowest BCUT2D eigenvalue weighted by Crippen LogP contribution is -2.24. The van der Waals surface area contributed by atoms with Crippen LogP contribution in [0.4, 0.5) is 0 Å². The summed E-state index contributed by atoms with van der Waals surface area (Å²) >= 11 is 0. The van der Waals surface area contributed by atoms with Crippen LogP contribution >= 0.6 is 0 Å². The molecule has 18 heavy (non-hydrogen) atoms. The van der Waals surface area contributed by atoms with Crippen molar-refractivity contribution in [3.05, 3.63) is 29.7 Å². The molecule has 0 aromatic carbocycles. The molecule has 1 atom stereocenters. The molecule has 0 radical (unpaired) electrons. The van der Waals surface area contributed by atoms with Crippen LogP contribution in [0, 0.1) is 18.8 Å². The maximum Gasteiger partial charge on any atom is 0.155 e. The summed E-state index contributed by atoms with van der Waals surface area (Å²) in [6.45, 7) is 10.7. The van der Waals surface area contributed by atoms with Gasteiger partial charge < -0.3 is 5.32 Å². The predicted molar refractivity (Wildman–Crippen MR) is 73.4 cm³/mol. The minimum atomic E-state index is 0.689. The third-order valence-electron chi connectivity index (χ3n) is 3.42. The van der Waals surface area contributed by atoms with Crippen molar-refractivity contribution >= 4 is 5.65 Å². The average Bonchev–Trinajstić information content (AvgIpc) is 2.68. The highest BCUT2D eigenvalue weighted by Crippen LogP contribution is 2.08. The van der Waals surface area contributed by atoms with Gasteiger partial charge in [-0.1, -0.05) is 20.8 Å². The fourth-order valence-electron chi connectivity index (χ4n) is 1.81. The van der Waals surface area contributed by atoms with E-state index in [0.29, 0.717) is 11.8 Å². The zero-order valence-electron chi connectivity index (χ0n) is 11.6. The molecule has 0 saturated heterocycles. The molecular weight excluding hydrogens is 224 g/mol. The lowest BCUT2D eigenvalue weighted by Gasteiger charge is -2.15. The summed E-state index contributed by atoms with van der Waals surface area (Å²) in [6, 6.07) is 1.98. The fourth-order valence-corrected chi connectivity index (χ4v) is 1.81. The second-order valence-corrected chi connectivity index (χ2v) is 5.40. The first-order valence-corrected chi connectivity index (χ1v) is 6.58. The Morgan fingerprint density at radius 2 is 2.11 bits per heavy atom. The maximum absolute atomic E-state index is 4.40. The number of fused-ring (bicyclic) bond motifs is 1. The molecule has 4 heteroatoms. The molecule has 2 aromatic rings. The highest BCUT2D eigenvalue weighted by atomic mass is 15.2. The van der Waals surface area contributed by atoms with Gasteiger partial charge in [0.25, 0.3) is 0 Å². The van der Waals surface area contributed by atoms with Crippen molar-refractivity contribution in [2.45, 2.75) is 34.2 Å². The second kappa shape index (κ2) is 5.48. The Kier molecular flexibility index (Phi) is 3.97. The molecule has 0 spiro atoms. The molecule has 2 rings (SSSR count). The van der Waals surface area contributed by atoms with Crippen molar-refractivity contribution in [2.75, 3.05) is 6.54 Å². The summed E-state index contributed by atoms with van der Waals surface area (Å²) in [5, 5.41) is 7.84. The van der Waals surface area contributed by atoms with Crippen molar-refractivity contribution in [1.82, 2.24) is 19.9 Å². The summed E-state index contributed by atoms with van der Waals surface area (Å²) in [5.41, 5.74) is 3.08. The first-order chi connectivity index (χ1) is 8.56. The van der Waals surface area contributed by atoms with Crippen molar-refractivity contribution < 1.29 is 0 Å². The molecule has 2 heterocycles. The van der Waals surface area contributed by atoms with Crippen LogP contribution in [0.15, 0.2) is 18.5 Å². The Hall–Kier alpha value is -1.42.